The van der Waals surface area contributed by atoms with Crippen molar-refractivity contribution < 1.29 is 4.79 Å². The topological polar surface area (TPSA) is 63.1 Å². The van der Waals surface area contributed by atoms with Crippen molar-refractivity contribution in [3.63, 3.8) is 0 Å². The Hall–Kier alpha value is -1.77. The Morgan fingerprint density at radius 3 is 2.68 bits per heavy atom. The number of aryl methyl sites for hydroxylation is 1. The van der Waals surface area contributed by atoms with Gasteiger partial charge < -0.3 is 5.32 Å². The van der Waals surface area contributed by atoms with Crippen molar-refractivity contribution in [2.45, 2.75) is 76.9 Å². The minimum absolute atomic E-state index is 0.104. The van der Waals surface area contributed by atoms with Gasteiger partial charge in [0, 0.05) is 33.1 Å². The summed E-state index contributed by atoms with van der Waals surface area (Å²) in [6.45, 7) is 2.93. The third-order valence-electron chi connectivity index (χ3n) is 7.17. The summed E-state index contributed by atoms with van der Waals surface area (Å²) < 4.78 is 3.61. The van der Waals surface area contributed by atoms with E-state index in [0.717, 1.165) is 43.5 Å². The Kier molecular flexibility index (Phi) is 7.09. The SMILES string of the molecule is Cc1nn(CC(=O)Nc2c(Br)cc(Br)cc2CN(C)C2CCCCC2)c2nccc(C3CC3)c12. The molecule has 2 aliphatic carbocycles. The standard InChI is InChI=1S/C26H31Br2N5O/c1-16-24-21(17-8-9-17)10-11-29-26(24)33(31-16)15-23(34)30-25-18(12-19(27)13-22(25)28)14-32(2)20-6-4-3-5-7-20/h10-13,17,20H,3-9,14-15H2,1-2H3,(H,30,34). The van der Waals surface area contributed by atoms with Crippen LogP contribution in [0.15, 0.2) is 33.3 Å². The molecule has 8 heteroatoms. The lowest BCUT2D eigenvalue weighted by Crippen LogP contribution is -2.33. The van der Waals surface area contributed by atoms with Gasteiger partial charge in [0.1, 0.15) is 6.54 Å². The molecule has 2 heterocycles. The van der Waals surface area contributed by atoms with E-state index in [1.165, 1.54) is 50.5 Å². The number of carbonyl (C=O) groups excluding carboxylic acids is 1. The predicted molar refractivity (Wildman–Crippen MR) is 143 cm³/mol. The van der Waals surface area contributed by atoms with Crippen LogP contribution in [0, 0.1) is 6.92 Å². The van der Waals surface area contributed by atoms with Gasteiger partial charge in [-0.3, -0.25) is 9.69 Å². The van der Waals surface area contributed by atoms with Crippen LogP contribution in [-0.4, -0.2) is 38.7 Å². The maximum atomic E-state index is 13.2. The van der Waals surface area contributed by atoms with Crippen molar-refractivity contribution in [2.75, 3.05) is 12.4 Å². The number of rotatable bonds is 7. The molecule has 0 radical (unpaired) electrons. The third-order valence-corrected chi connectivity index (χ3v) is 8.25. The summed E-state index contributed by atoms with van der Waals surface area (Å²) in [5, 5.41) is 8.95. The molecule has 34 heavy (non-hydrogen) atoms. The quantitative estimate of drug-likeness (QED) is 0.340. The normalized spacial score (nSPS) is 17.0. The molecule has 2 fully saturated rings. The Morgan fingerprint density at radius 1 is 1.18 bits per heavy atom. The molecular formula is C26H31Br2N5O. The van der Waals surface area contributed by atoms with Crippen LogP contribution in [-0.2, 0) is 17.9 Å². The molecule has 1 N–H and O–H groups in total. The number of amides is 1. The fourth-order valence-corrected chi connectivity index (χ4v) is 6.69. The molecule has 0 saturated heterocycles. The lowest BCUT2D eigenvalue weighted by molar-refractivity contribution is -0.116. The molecule has 180 valence electrons. The number of halogens is 2. The molecule has 0 atom stereocenters. The van der Waals surface area contributed by atoms with Crippen LogP contribution in [0.2, 0.25) is 0 Å². The maximum absolute atomic E-state index is 13.2. The molecule has 6 nitrogen and oxygen atoms in total. The van der Waals surface area contributed by atoms with Crippen molar-refractivity contribution in [2.24, 2.45) is 0 Å². The largest absolute Gasteiger partial charge is 0.323 e. The monoisotopic (exact) mass is 587 g/mol. The van der Waals surface area contributed by atoms with Crippen molar-refractivity contribution >= 4 is 54.5 Å². The predicted octanol–water partition coefficient (Wildman–Crippen LogP) is 6.55. The number of nitrogens with zero attached hydrogens (tertiary/aromatic N) is 4. The summed E-state index contributed by atoms with van der Waals surface area (Å²) in [5.41, 5.74) is 4.98. The average molecular weight is 589 g/mol. The minimum Gasteiger partial charge on any atom is -0.323 e. The van der Waals surface area contributed by atoms with Gasteiger partial charge in [-0.15, -0.1) is 0 Å². The second-order valence-corrected chi connectivity index (χ2v) is 11.6. The van der Waals surface area contributed by atoms with E-state index in [4.69, 9.17) is 0 Å². The highest BCUT2D eigenvalue weighted by atomic mass is 79.9. The van der Waals surface area contributed by atoms with E-state index < -0.39 is 0 Å². The van der Waals surface area contributed by atoms with E-state index >= 15 is 0 Å². The Balaban J connectivity index is 1.36. The zero-order chi connectivity index (χ0) is 23.8. The number of pyridine rings is 1. The van der Waals surface area contributed by atoms with Crippen LogP contribution >= 0.6 is 31.9 Å². The number of hydrogen-bond acceptors (Lipinski definition) is 4. The third kappa shape index (κ3) is 5.09. The lowest BCUT2D eigenvalue weighted by Gasteiger charge is -2.32. The zero-order valence-electron chi connectivity index (χ0n) is 19.8. The second-order valence-electron chi connectivity index (χ2n) is 9.79. The number of anilines is 1. The number of aromatic nitrogens is 3. The fourth-order valence-electron chi connectivity index (χ4n) is 5.28. The van der Waals surface area contributed by atoms with Crippen LogP contribution < -0.4 is 5.32 Å². The summed E-state index contributed by atoms with van der Waals surface area (Å²) in [4.78, 5) is 20.2. The summed E-state index contributed by atoms with van der Waals surface area (Å²) in [5.74, 6) is 0.505. The molecular weight excluding hydrogens is 558 g/mol. The van der Waals surface area contributed by atoms with Gasteiger partial charge in [-0.05, 0) is 90.8 Å². The van der Waals surface area contributed by atoms with E-state index in [1.807, 2.05) is 19.2 Å². The molecule has 2 saturated carbocycles. The van der Waals surface area contributed by atoms with Gasteiger partial charge in [0.2, 0.25) is 5.91 Å². The van der Waals surface area contributed by atoms with Gasteiger partial charge >= 0.3 is 0 Å². The van der Waals surface area contributed by atoms with Crippen LogP contribution in [0.1, 0.15) is 67.7 Å². The Bertz CT molecular complexity index is 1210. The van der Waals surface area contributed by atoms with Crippen molar-refractivity contribution in [1.29, 1.82) is 0 Å². The van der Waals surface area contributed by atoms with Gasteiger partial charge in [-0.25, -0.2) is 9.67 Å². The van der Waals surface area contributed by atoms with E-state index in [9.17, 15) is 4.79 Å². The van der Waals surface area contributed by atoms with Gasteiger partial charge in [0.25, 0.3) is 0 Å². The molecule has 2 aromatic heterocycles. The number of nitrogens with one attached hydrogen (secondary N) is 1. The van der Waals surface area contributed by atoms with Crippen LogP contribution in [0.25, 0.3) is 11.0 Å². The van der Waals surface area contributed by atoms with E-state index in [2.05, 4.69) is 71.3 Å². The number of hydrogen-bond donors (Lipinski definition) is 1. The first-order chi connectivity index (χ1) is 16.4. The van der Waals surface area contributed by atoms with Crippen LogP contribution in [0.3, 0.4) is 0 Å². The molecule has 5 rings (SSSR count). The summed E-state index contributed by atoms with van der Waals surface area (Å²) in [7, 11) is 2.19. The zero-order valence-corrected chi connectivity index (χ0v) is 23.0. The van der Waals surface area contributed by atoms with Crippen LogP contribution in [0.5, 0.6) is 0 Å². The van der Waals surface area contributed by atoms with Gasteiger partial charge in [0.15, 0.2) is 5.65 Å². The smallest absolute Gasteiger partial charge is 0.246 e. The molecule has 0 unspecified atom stereocenters. The summed E-state index contributed by atoms with van der Waals surface area (Å²) in [6.07, 6.45) is 10.7. The van der Waals surface area contributed by atoms with Crippen LogP contribution in [0.4, 0.5) is 5.69 Å². The van der Waals surface area contributed by atoms with Crippen molar-refractivity contribution in [3.05, 3.63) is 50.2 Å². The first-order valence-electron chi connectivity index (χ1n) is 12.2. The Labute approximate surface area is 217 Å². The van der Waals surface area contributed by atoms with E-state index in [-0.39, 0.29) is 12.5 Å². The molecule has 2 aliphatic rings. The number of benzene rings is 1. The Morgan fingerprint density at radius 2 is 1.94 bits per heavy atom. The fraction of sp³-hybridized carbons (Fsp3) is 0.500. The summed E-state index contributed by atoms with van der Waals surface area (Å²) in [6, 6.07) is 6.79. The molecule has 0 spiro atoms. The van der Waals surface area contributed by atoms with E-state index in [1.54, 1.807) is 4.68 Å². The molecule has 0 bridgehead atoms. The molecule has 0 aliphatic heterocycles. The highest BCUT2D eigenvalue weighted by molar-refractivity contribution is 9.11. The highest BCUT2D eigenvalue weighted by Crippen LogP contribution is 2.43. The van der Waals surface area contributed by atoms with Crippen molar-refractivity contribution in [3.8, 4) is 0 Å². The maximum Gasteiger partial charge on any atom is 0.246 e. The first-order valence-corrected chi connectivity index (χ1v) is 13.8. The molecule has 3 aromatic rings. The number of carbonyl (C=O) groups is 1. The van der Waals surface area contributed by atoms with Gasteiger partial charge in [0.05, 0.1) is 11.4 Å². The van der Waals surface area contributed by atoms with Gasteiger partial charge in [-0.1, -0.05) is 35.2 Å². The van der Waals surface area contributed by atoms with Crippen molar-refractivity contribution in [1.82, 2.24) is 19.7 Å². The van der Waals surface area contributed by atoms with E-state index in [0.29, 0.717) is 12.0 Å². The first kappa shape index (κ1) is 23.9. The second kappa shape index (κ2) is 10.1. The average Bonchev–Trinajstić information content (AvgIpc) is 3.61. The lowest BCUT2D eigenvalue weighted by atomic mass is 9.94. The molecule has 1 amide bonds. The minimum atomic E-state index is -0.104. The highest BCUT2D eigenvalue weighted by Gasteiger charge is 2.28. The number of fused-ring (bicyclic) bond motifs is 1. The van der Waals surface area contributed by atoms with Gasteiger partial charge in [-0.2, -0.15) is 5.10 Å². The molecule has 1 aromatic carbocycles. The summed E-state index contributed by atoms with van der Waals surface area (Å²) >= 11 is 7.30.